The summed E-state index contributed by atoms with van der Waals surface area (Å²) >= 11 is 0.104. The third-order valence-corrected chi connectivity index (χ3v) is 9.76. The van der Waals surface area contributed by atoms with Crippen molar-refractivity contribution in [3.8, 4) is 0 Å². The minimum atomic E-state index is -1.49. The molecule has 0 aliphatic carbocycles. The molecular formula is C30H40O4Sn. The summed E-state index contributed by atoms with van der Waals surface area (Å²) in [7, 11) is 0. The van der Waals surface area contributed by atoms with Crippen molar-refractivity contribution in [1.29, 1.82) is 0 Å². The first kappa shape index (κ1) is 30.9. The van der Waals surface area contributed by atoms with Gasteiger partial charge in [0.05, 0.1) is 11.9 Å². The summed E-state index contributed by atoms with van der Waals surface area (Å²) in [5, 5.41) is 22.8. The molecule has 0 radical (unpaired) electrons. The van der Waals surface area contributed by atoms with Crippen LogP contribution in [0.2, 0.25) is 8.87 Å². The fourth-order valence-electron chi connectivity index (χ4n) is 3.68. The Morgan fingerprint density at radius 3 is 1.29 bits per heavy atom. The van der Waals surface area contributed by atoms with E-state index in [0.29, 0.717) is 11.1 Å². The number of unbranched alkanes of at least 4 members (excludes halogenated alkanes) is 6. The molecule has 0 amide bonds. The van der Waals surface area contributed by atoms with E-state index in [1.807, 2.05) is 0 Å². The van der Waals surface area contributed by atoms with Gasteiger partial charge in [-0.05, 0) is 35.1 Å². The molecule has 0 heterocycles. The second-order valence-electron chi connectivity index (χ2n) is 8.73. The van der Waals surface area contributed by atoms with E-state index in [4.69, 9.17) is 0 Å². The van der Waals surface area contributed by atoms with Gasteiger partial charge in [-0.25, -0.2) is 0 Å². The summed E-state index contributed by atoms with van der Waals surface area (Å²) in [5.74, 6) is -2.97. The fourth-order valence-corrected chi connectivity index (χ4v) is 7.25. The third-order valence-electron chi connectivity index (χ3n) is 5.72. The van der Waals surface area contributed by atoms with Crippen LogP contribution in [0.3, 0.4) is 0 Å². The molecule has 0 aliphatic heterocycles. The molecule has 0 atom stereocenters. The second-order valence-corrected chi connectivity index (χ2v) is 13.0. The third kappa shape index (κ3) is 14.8. The van der Waals surface area contributed by atoms with Crippen LogP contribution in [0.5, 0.6) is 0 Å². The van der Waals surface area contributed by atoms with Crippen molar-refractivity contribution in [2.75, 3.05) is 0 Å². The van der Waals surface area contributed by atoms with Gasteiger partial charge in [0.1, 0.15) is 0 Å². The molecule has 0 unspecified atom stereocenters. The molecule has 2 rings (SSSR count). The van der Waals surface area contributed by atoms with Crippen LogP contribution in [0.1, 0.15) is 76.3 Å². The number of carbonyl (C=O) groups is 2. The van der Waals surface area contributed by atoms with E-state index < -0.39 is 11.9 Å². The number of carboxylic acid groups (broad SMARTS) is 2. The number of hydrogen-bond donors (Lipinski definition) is 0. The van der Waals surface area contributed by atoms with Crippen LogP contribution in [0.15, 0.2) is 71.8 Å². The Balaban J connectivity index is 0.000000405. The van der Waals surface area contributed by atoms with E-state index in [9.17, 15) is 19.8 Å². The zero-order valence-corrected chi connectivity index (χ0v) is 24.2. The quantitative estimate of drug-likeness (QED) is 0.159. The number of carboxylic acids is 2. The monoisotopic (exact) mass is 584 g/mol. The van der Waals surface area contributed by atoms with E-state index in [-0.39, 0.29) is 45.1 Å². The molecule has 0 bridgehead atoms. The molecular weight excluding hydrogens is 543 g/mol. The van der Waals surface area contributed by atoms with Gasteiger partial charge in [-0.1, -0.05) is 60.7 Å². The molecule has 0 N–H and O–H groups in total. The number of carbonyl (C=O) groups excluding carboxylic acids is 2. The maximum Gasteiger partial charge on any atom is 0.0681 e. The zero-order chi connectivity index (χ0) is 25.7. The molecule has 0 aliphatic rings. The van der Waals surface area contributed by atoms with Crippen LogP contribution in [-0.4, -0.2) is 33.1 Å². The largest absolute Gasteiger partial charge is 0.545 e. The van der Waals surface area contributed by atoms with Gasteiger partial charge in [0.2, 0.25) is 0 Å². The molecule has 0 aromatic heterocycles. The fraction of sp³-hybridized carbons (Fsp3) is 0.467. The standard InChI is InChI=1S/C18H16O4.2C6H13.Sn/c19-17(20)15(11-13-7-3-1-4-8-13)16(18(21)22)12-14-9-5-2-6-10-14;2*1-3-5-6-4-2;/h1-10H,11-12H2,(H,19,20)(H,21,22);2*1,3-6H2,2H3;/q;;;+2/p-2/b16-15-;;;. The molecule has 0 saturated carbocycles. The van der Waals surface area contributed by atoms with Gasteiger partial charge >= 0.3 is 95.2 Å². The Kier molecular flexibility index (Phi) is 17.8. The van der Waals surface area contributed by atoms with Crippen molar-refractivity contribution in [1.82, 2.24) is 0 Å². The number of aliphatic carboxylic acids is 2. The average molecular weight is 583 g/mol. The van der Waals surface area contributed by atoms with Crippen molar-refractivity contribution in [3.05, 3.63) is 82.9 Å². The maximum atomic E-state index is 11.4. The van der Waals surface area contributed by atoms with E-state index >= 15 is 0 Å². The first-order valence-electron chi connectivity index (χ1n) is 12.9. The van der Waals surface area contributed by atoms with Gasteiger partial charge < -0.3 is 19.8 Å². The second kappa shape index (κ2) is 20.1. The van der Waals surface area contributed by atoms with E-state index in [1.165, 1.54) is 38.5 Å². The van der Waals surface area contributed by atoms with Gasteiger partial charge in [0, 0.05) is 0 Å². The minimum absolute atomic E-state index is 0.0146. The Bertz CT molecular complexity index is 791. The van der Waals surface area contributed by atoms with Gasteiger partial charge in [-0.2, -0.15) is 0 Å². The Morgan fingerprint density at radius 2 is 0.971 bits per heavy atom. The van der Waals surface area contributed by atoms with Crippen molar-refractivity contribution in [3.63, 3.8) is 0 Å². The average Bonchev–Trinajstić information content (AvgIpc) is 2.86. The molecule has 188 valence electrons. The summed E-state index contributed by atoms with van der Waals surface area (Å²) in [6.07, 6.45) is 11.8. The normalized spacial score (nSPS) is 11.0. The number of rotatable bonds is 16. The van der Waals surface area contributed by atoms with Crippen LogP contribution >= 0.6 is 0 Å². The zero-order valence-electron chi connectivity index (χ0n) is 21.4. The summed E-state index contributed by atoms with van der Waals surface area (Å²) < 4.78 is 3.30. The van der Waals surface area contributed by atoms with Crippen molar-refractivity contribution in [2.24, 2.45) is 0 Å². The van der Waals surface area contributed by atoms with Crippen LogP contribution < -0.4 is 10.2 Å². The minimum Gasteiger partial charge on any atom is -0.545 e. The van der Waals surface area contributed by atoms with Crippen molar-refractivity contribution < 1.29 is 19.8 Å². The molecule has 0 saturated heterocycles. The van der Waals surface area contributed by atoms with Gasteiger partial charge in [-0.15, -0.1) is 0 Å². The predicted molar refractivity (Wildman–Crippen MR) is 141 cm³/mol. The topological polar surface area (TPSA) is 80.3 Å². The van der Waals surface area contributed by atoms with Crippen LogP contribution in [0.4, 0.5) is 0 Å². The maximum absolute atomic E-state index is 11.4. The number of hydrogen-bond acceptors (Lipinski definition) is 4. The molecule has 4 nitrogen and oxygen atoms in total. The smallest absolute Gasteiger partial charge is 0.0681 e. The first-order chi connectivity index (χ1) is 17.0. The van der Waals surface area contributed by atoms with Crippen LogP contribution in [-0.2, 0) is 22.4 Å². The van der Waals surface area contributed by atoms with E-state index in [0.717, 1.165) is 0 Å². The van der Waals surface area contributed by atoms with Crippen molar-refractivity contribution in [2.45, 2.75) is 86.9 Å². The van der Waals surface area contributed by atoms with E-state index in [1.54, 1.807) is 82.4 Å². The molecule has 2 aromatic rings. The number of benzene rings is 2. The van der Waals surface area contributed by atoms with Crippen LogP contribution in [0, 0.1) is 0 Å². The van der Waals surface area contributed by atoms with E-state index in [2.05, 4.69) is 13.8 Å². The SMILES string of the molecule is CCCCC[CH2][Sn+2][CH2]CCCCC.O=C([O-])/C(Cc1ccccc1)=C(/Cc1ccccc1)C(=O)[O-]. The van der Waals surface area contributed by atoms with Gasteiger partial charge in [-0.3, -0.25) is 0 Å². The molecule has 5 heteroatoms. The Labute approximate surface area is 222 Å². The summed E-state index contributed by atoms with van der Waals surface area (Å²) in [5.41, 5.74) is 0.895. The van der Waals surface area contributed by atoms with Gasteiger partial charge in [0.15, 0.2) is 0 Å². The predicted octanol–water partition coefficient (Wildman–Crippen LogP) is 4.96. The molecule has 0 fully saturated rings. The molecule has 35 heavy (non-hydrogen) atoms. The molecule has 2 aromatic carbocycles. The molecule has 0 spiro atoms. The Hall–Kier alpha value is -2.08. The summed E-state index contributed by atoms with van der Waals surface area (Å²) in [6.45, 7) is 4.59. The summed E-state index contributed by atoms with van der Waals surface area (Å²) in [6, 6.07) is 17.6. The summed E-state index contributed by atoms with van der Waals surface area (Å²) in [4.78, 5) is 22.8. The van der Waals surface area contributed by atoms with Crippen molar-refractivity contribution >= 4 is 33.1 Å². The van der Waals surface area contributed by atoms with Gasteiger partial charge in [0.25, 0.3) is 0 Å². The first-order valence-corrected chi connectivity index (χ1v) is 17.0. The van der Waals surface area contributed by atoms with Crippen LogP contribution in [0.25, 0.3) is 0 Å². The Morgan fingerprint density at radius 1 is 0.600 bits per heavy atom.